The van der Waals surface area contributed by atoms with E-state index in [0.717, 1.165) is 21.1 Å². The Labute approximate surface area is 98.2 Å². The zero-order chi connectivity index (χ0) is 11.5. The lowest BCUT2D eigenvalue weighted by Crippen LogP contribution is -2.03. The minimum absolute atomic E-state index is 0.134. The molecule has 0 aromatic carbocycles. The van der Waals surface area contributed by atoms with E-state index in [1.165, 1.54) is 11.3 Å². The van der Waals surface area contributed by atoms with Crippen LogP contribution in [-0.2, 0) is 6.42 Å². The molecule has 0 spiro atoms. The Morgan fingerprint density at radius 2 is 2.00 bits per heavy atom. The van der Waals surface area contributed by atoms with Gasteiger partial charge < -0.3 is 0 Å². The third-order valence-corrected chi connectivity index (χ3v) is 3.38. The van der Waals surface area contributed by atoms with E-state index in [1.54, 1.807) is 12.4 Å². The Balaban J connectivity index is 2.18. The van der Waals surface area contributed by atoms with Crippen molar-refractivity contribution in [2.75, 3.05) is 0 Å². The van der Waals surface area contributed by atoms with Crippen molar-refractivity contribution in [2.24, 2.45) is 0 Å². The van der Waals surface area contributed by atoms with Crippen molar-refractivity contribution in [2.45, 2.75) is 20.3 Å². The van der Waals surface area contributed by atoms with Gasteiger partial charge in [0.2, 0.25) is 0 Å². The third kappa shape index (κ3) is 2.33. The summed E-state index contributed by atoms with van der Waals surface area (Å²) in [6, 6.07) is 3.72. The quantitative estimate of drug-likeness (QED) is 0.764. The summed E-state index contributed by atoms with van der Waals surface area (Å²) >= 11 is 1.47. The molecule has 0 fully saturated rings. The Kier molecular flexibility index (Phi) is 3.10. The molecular weight excluding hydrogens is 220 g/mol. The van der Waals surface area contributed by atoms with Crippen LogP contribution in [0.5, 0.6) is 0 Å². The second-order valence-electron chi connectivity index (χ2n) is 3.60. The summed E-state index contributed by atoms with van der Waals surface area (Å²) < 4.78 is 0. The maximum Gasteiger partial charge on any atom is 0.179 e. The molecule has 2 heterocycles. The molecular formula is C12H12N2OS. The summed E-state index contributed by atoms with van der Waals surface area (Å²) in [5.41, 5.74) is 1.83. The second-order valence-corrected chi connectivity index (χ2v) is 4.81. The minimum Gasteiger partial charge on any atom is -0.293 e. The van der Waals surface area contributed by atoms with E-state index in [0.29, 0.717) is 6.42 Å². The normalized spacial score (nSPS) is 10.4. The fourth-order valence-corrected chi connectivity index (χ4v) is 2.41. The molecule has 0 radical (unpaired) electrons. The van der Waals surface area contributed by atoms with Crippen molar-refractivity contribution in [3.8, 4) is 0 Å². The Morgan fingerprint density at radius 1 is 1.31 bits per heavy atom. The largest absolute Gasteiger partial charge is 0.293 e. The number of hydrogen-bond acceptors (Lipinski definition) is 4. The van der Waals surface area contributed by atoms with Gasteiger partial charge >= 0.3 is 0 Å². The molecule has 0 saturated carbocycles. The van der Waals surface area contributed by atoms with Gasteiger partial charge in [-0.15, -0.1) is 11.3 Å². The van der Waals surface area contributed by atoms with Gasteiger partial charge in [-0.1, -0.05) is 0 Å². The van der Waals surface area contributed by atoms with Gasteiger partial charge in [-0.2, -0.15) is 0 Å². The average molecular weight is 232 g/mol. The average Bonchev–Trinajstić information content (AvgIpc) is 2.59. The molecule has 0 amide bonds. The molecule has 0 unspecified atom stereocenters. The number of pyridine rings is 1. The predicted molar refractivity (Wildman–Crippen MR) is 63.9 cm³/mol. The summed E-state index contributed by atoms with van der Waals surface area (Å²) in [5, 5.41) is 0.940. The first-order valence-electron chi connectivity index (χ1n) is 5.03. The number of ketones is 1. The van der Waals surface area contributed by atoms with Gasteiger partial charge in [-0.3, -0.25) is 9.78 Å². The highest BCUT2D eigenvalue weighted by molar-refractivity contribution is 7.13. The van der Waals surface area contributed by atoms with E-state index < -0.39 is 0 Å². The number of carbonyl (C=O) groups excluding carboxylic acids is 1. The van der Waals surface area contributed by atoms with Crippen LogP contribution in [0.15, 0.2) is 24.5 Å². The number of rotatable bonds is 3. The molecule has 0 aliphatic rings. The van der Waals surface area contributed by atoms with E-state index in [4.69, 9.17) is 0 Å². The summed E-state index contributed by atoms with van der Waals surface area (Å²) in [4.78, 5) is 21.0. The SMILES string of the molecule is Cc1nc(C)c(C(=O)Cc2ccncc2)s1. The highest BCUT2D eigenvalue weighted by Gasteiger charge is 2.13. The molecule has 0 bridgehead atoms. The molecule has 2 rings (SSSR count). The molecule has 0 saturated heterocycles. The zero-order valence-electron chi connectivity index (χ0n) is 9.23. The van der Waals surface area contributed by atoms with Crippen molar-refractivity contribution >= 4 is 17.1 Å². The van der Waals surface area contributed by atoms with Crippen LogP contribution in [0.25, 0.3) is 0 Å². The minimum atomic E-state index is 0.134. The Bertz CT molecular complexity index is 505. The van der Waals surface area contributed by atoms with Gasteiger partial charge in [0.25, 0.3) is 0 Å². The molecule has 4 heteroatoms. The molecule has 0 N–H and O–H groups in total. The molecule has 0 aliphatic heterocycles. The first-order valence-corrected chi connectivity index (χ1v) is 5.84. The number of Topliss-reactive ketones (excluding diaryl/α,β-unsaturated/α-hetero) is 1. The van der Waals surface area contributed by atoms with E-state index >= 15 is 0 Å². The lowest BCUT2D eigenvalue weighted by molar-refractivity contribution is 0.0996. The summed E-state index contributed by atoms with van der Waals surface area (Å²) in [6.45, 7) is 3.80. The monoisotopic (exact) mass is 232 g/mol. The van der Waals surface area contributed by atoms with E-state index in [2.05, 4.69) is 9.97 Å². The van der Waals surface area contributed by atoms with Gasteiger partial charge in [0.1, 0.15) is 0 Å². The Hall–Kier alpha value is -1.55. The van der Waals surface area contributed by atoms with Gasteiger partial charge in [0.15, 0.2) is 5.78 Å². The number of thiazole rings is 1. The highest BCUT2D eigenvalue weighted by Crippen LogP contribution is 2.19. The Morgan fingerprint density at radius 3 is 2.56 bits per heavy atom. The van der Waals surface area contributed by atoms with Gasteiger partial charge in [0.05, 0.1) is 15.6 Å². The lowest BCUT2D eigenvalue weighted by Gasteiger charge is -1.98. The molecule has 2 aromatic heterocycles. The molecule has 3 nitrogen and oxygen atoms in total. The second kappa shape index (κ2) is 4.53. The first-order chi connectivity index (χ1) is 7.66. The number of carbonyl (C=O) groups is 1. The van der Waals surface area contributed by atoms with Crippen LogP contribution in [-0.4, -0.2) is 15.8 Å². The van der Waals surface area contributed by atoms with Crippen molar-refractivity contribution in [3.63, 3.8) is 0 Å². The lowest BCUT2D eigenvalue weighted by atomic mass is 10.1. The van der Waals surface area contributed by atoms with Gasteiger partial charge in [-0.25, -0.2) is 4.98 Å². The summed E-state index contributed by atoms with van der Waals surface area (Å²) in [6.07, 6.45) is 3.83. The number of aryl methyl sites for hydroxylation is 2. The first kappa shape index (κ1) is 11.0. The topological polar surface area (TPSA) is 42.9 Å². The van der Waals surface area contributed by atoms with Gasteiger partial charge in [-0.05, 0) is 31.5 Å². The van der Waals surface area contributed by atoms with Crippen LogP contribution in [0.2, 0.25) is 0 Å². The third-order valence-electron chi connectivity index (χ3n) is 2.27. The zero-order valence-corrected chi connectivity index (χ0v) is 10.0. The molecule has 16 heavy (non-hydrogen) atoms. The van der Waals surface area contributed by atoms with Crippen LogP contribution < -0.4 is 0 Å². The maximum atomic E-state index is 12.0. The number of hydrogen-bond donors (Lipinski definition) is 0. The number of nitrogens with zero attached hydrogens (tertiary/aromatic N) is 2. The predicted octanol–water partition coefficient (Wildman–Crippen LogP) is 2.58. The van der Waals surface area contributed by atoms with Crippen molar-refractivity contribution in [1.29, 1.82) is 0 Å². The van der Waals surface area contributed by atoms with Crippen LogP contribution in [0.1, 0.15) is 25.9 Å². The molecule has 0 aliphatic carbocycles. The highest BCUT2D eigenvalue weighted by atomic mass is 32.1. The standard InChI is InChI=1S/C12H12N2OS/c1-8-12(16-9(2)14-8)11(15)7-10-3-5-13-6-4-10/h3-6H,7H2,1-2H3. The molecule has 0 atom stereocenters. The van der Waals surface area contributed by atoms with Crippen LogP contribution in [0.4, 0.5) is 0 Å². The summed E-state index contributed by atoms with van der Waals surface area (Å²) in [5.74, 6) is 0.134. The van der Waals surface area contributed by atoms with Gasteiger partial charge in [0, 0.05) is 18.8 Å². The van der Waals surface area contributed by atoms with Crippen LogP contribution in [0.3, 0.4) is 0 Å². The number of aromatic nitrogens is 2. The van der Waals surface area contributed by atoms with Crippen molar-refractivity contribution < 1.29 is 4.79 Å². The molecule has 82 valence electrons. The molecule has 2 aromatic rings. The van der Waals surface area contributed by atoms with E-state index in [9.17, 15) is 4.79 Å². The van der Waals surface area contributed by atoms with E-state index in [-0.39, 0.29) is 5.78 Å². The maximum absolute atomic E-state index is 12.0. The smallest absolute Gasteiger partial charge is 0.179 e. The fourth-order valence-electron chi connectivity index (χ4n) is 1.56. The van der Waals surface area contributed by atoms with E-state index in [1.807, 2.05) is 26.0 Å². The van der Waals surface area contributed by atoms with Crippen molar-refractivity contribution in [1.82, 2.24) is 9.97 Å². The van der Waals surface area contributed by atoms with Crippen molar-refractivity contribution in [3.05, 3.63) is 45.7 Å². The van der Waals surface area contributed by atoms with Crippen LogP contribution in [0, 0.1) is 13.8 Å². The summed E-state index contributed by atoms with van der Waals surface area (Å²) in [7, 11) is 0. The van der Waals surface area contributed by atoms with Crippen LogP contribution >= 0.6 is 11.3 Å². The fraction of sp³-hybridized carbons (Fsp3) is 0.250.